The minimum Gasteiger partial charge on any atom is -0.464 e. The maximum absolute atomic E-state index is 12.3. The fourth-order valence-electron chi connectivity index (χ4n) is 6.25. The largest absolute Gasteiger partial charge is 0.464 e. The number of likely N-dealkylation sites (tertiary alicyclic amines) is 1. The summed E-state index contributed by atoms with van der Waals surface area (Å²) in [5, 5.41) is 0. The summed E-state index contributed by atoms with van der Waals surface area (Å²) >= 11 is 0. The van der Waals surface area contributed by atoms with Crippen LogP contribution in [0.25, 0.3) is 0 Å². The maximum atomic E-state index is 12.3. The molecule has 3 unspecified atom stereocenters. The number of hydrogen-bond donors (Lipinski definition) is 0. The molecular weight excluding hydrogens is 430 g/mol. The Kier molecular flexibility index (Phi) is 17.3. The van der Waals surface area contributed by atoms with Crippen LogP contribution in [0.5, 0.6) is 0 Å². The minimum absolute atomic E-state index is 0.00107. The van der Waals surface area contributed by atoms with E-state index < -0.39 is 0 Å². The maximum Gasteiger partial charge on any atom is 0.305 e. The summed E-state index contributed by atoms with van der Waals surface area (Å²) in [6, 6.07) is 0. The molecule has 1 rings (SSSR count). The van der Waals surface area contributed by atoms with Gasteiger partial charge in [0.2, 0.25) is 0 Å². The third kappa shape index (κ3) is 12.0. The first-order chi connectivity index (χ1) is 16.8. The molecule has 1 aliphatic rings. The predicted molar refractivity (Wildman–Crippen MR) is 153 cm³/mol. The molecule has 0 aromatic heterocycles. The van der Waals surface area contributed by atoms with E-state index in [2.05, 4.69) is 46.4 Å². The molecule has 0 N–H and O–H groups in total. The molecule has 35 heavy (non-hydrogen) atoms. The minimum atomic E-state index is 0.00107. The molecule has 0 saturated carbocycles. The smallest absolute Gasteiger partial charge is 0.305 e. The van der Waals surface area contributed by atoms with Crippen molar-refractivity contribution in [2.45, 2.75) is 181 Å². The second kappa shape index (κ2) is 18.6. The van der Waals surface area contributed by atoms with E-state index in [0.29, 0.717) is 18.9 Å². The number of unbranched alkanes of at least 4 members (excludes halogenated alkanes) is 14. The van der Waals surface area contributed by atoms with E-state index in [-0.39, 0.29) is 17.0 Å². The Hall–Kier alpha value is -0.570. The van der Waals surface area contributed by atoms with E-state index in [1.54, 1.807) is 0 Å². The normalized spacial score (nSPS) is 25.1. The van der Waals surface area contributed by atoms with Crippen molar-refractivity contribution >= 4 is 5.97 Å². The van der Waals surface area contributed by atoms with Gasteiger partial charge in [-0.05, 0) is 51.9 Å². The first kappa shape index (κ1) is 32.5. The Bertz CT molecular complexity index is 536. The van der Waals surface area contributed by atoms with Crippen molar-refractivity contribution in [1.29, 1.82) is 0 Å². The third-order valence-corrected chi connectivity index (χ3v) is 9.49. The molecule has 0 bridgehead atoms. The standard InChI is InChI=1S/C32H63NO2/c1-7-10-11-12-13-14-15-16-17-18-19-20-21-22-23-24-30(34)35-28-27-33-31(5,8-2)26-25-29(4)32(33,6)9-3/h29H,7-28H2,1-6H3. The number of hydrogen-bond acceptors (Lipinski definition) is 3. The number of carbonyl (C=O) groups is 1. The Morgan fingerprint density at radius 2 is 1.26 bits per heavy atom. The molecule has 1 aliphatic heterocycles. The molecule has 1 saturated heterocycles. The Balaban J connectivity index is 2.05. The lowest BCUT2D eigenvalue weighted by Gasteiger charge is -2.58. The van der Waals surface area contributed by atoms with Gasteiger partial charge in [0, 0.05) is 24.0 Å². The van der Waals surface area contributed by atoms with Crippen molar-refractivity contribution in [3.8, 4) is 0 Å². The van der Waals surface area contributed by atoms with Gasteiger partial charge in [0.1, 0.15) is 6.61 Å². The highest BCUT2D eigenvalue weighted by Gasteiger charge is 2.48. The molecular formula is C32H63NO2. The van der Waals surface area contributed by atoms with Gasteiger partial charge in [-0.3, -0.25) is 9.69 Å². The van der Waals surface area contributed by atoms with E-state index in [1.807, 2.05) is 0 Å². The summed E-state index contributed by atoms with van der Waals surface area (Å²) in [7, 11) is 0. The molecule has 1 fully saturated rings. The van der Waals surface area contributed by atoms with Crippen molar-refractivity contribution in [2.75, 3.05) is 13.2 Å². The highest BCUT2D eigenvalue weighted by Crippen LogP contribution is 2.45. The lowest BCUT2D eigenvalue weighted by molar-refractivity contribution is -0.147. The first-order valence-electron chi connectivity index (χ1n) is 15.8. The highest BCUT2D eigenvalue weighted by molar-refractivity contribution is 5.69. The molecule has 1 heterocycles. The molecule has 3 heteroatoms. The van der Waals surface area contributed by atoms with Gasteiger partial charge < -0.3 is 4.74 Å². The van der Waals surface area contributed by atoms with Gasteiger partial charge in [-0.1, -0.05) is 118 Å². The van der Waals surface area contributed by atoms with E-state index in [9.17, 15) is 4.79 Å². The van der Waals surface area contributed by atoms with Crippen molar-refractivity contribution in [1.82, 2.24) is 4.90 Å². The Morgan fingerprint density at radius 3 is 1.71 bits per heavy atom. The van der Waals surface area contributed by atoms with Gasteiger partial charge >= 0.3 is 5.97 Å². The van der Waals surface area contributed by atoms with Crippen LogP contribution in [0.1, 0.15) is 170 Å². The molecule has 3 atom stereocenters. The second-order valence-corrected chi connectivity index (χ2v) is 12.1. The molecule has 208 valence electrons. The molecule has 0 amide bonds. The average molecular weight is 494 g/mol. The number of ether oxygens (including phenoxy) is 1. The molecule has 0 aromatic carbocycles. The van der Waals surface area contributed by atoms with Crippen molar-refractivity contribution in [3.63, 3.8) is 0 Å². The Morgan fingerprint density at radius 1 is 0.771 bits per heavy atom. The average Bonchev–Trinajstić information content (AvgIpc) is 2.86. The first-order valence-corrected chi connectivity index (χ1v) is 15.8. The summed E-state index contributed by atoms with van der Waals surface area (Å²) in [6.07, 6.45) is 25.7. The van der Waals surface area contributed by atoms with Crippen molar-refractivity contribution < 1.29 is 9.53 Å². The third-order valence-electron chi connectivity index (χ3n) is 9.49. The summed E-state index contributed by atoms with van der Waals surface area (Å²) in [5.41, 5.74) is 0.418. The van der Waals surface area contributed by atoms with E-state index in [4.69, 9.17) is 4.74 Å². The highest BCUT2D eigenvalue weighted by atomic mass is 16.5. The number of rotatable bonds is 21. The van der Waals surface area contributed by atoms with E-state index in [0.717, 1.165) is 32.2 Å². The van der Waals surface area contributed by atoms with Crippen LogP contribution in [-0.2, 0) is 9.53 Å². The van der Waals surface area contributed by atoms with Crippen molar-refractivity contribution in [3.05, 3.63) is 0 Å². The topological polar surface area (TPSA) is 29.5 Å². The fourth-order valence-corrected chi connectivity index (χ4v) is 6.25. The van der Waals surface area contributed by atoms with Crippen LogP contribution in [-0.4, -0.2) is 35.1 Å². The van der Waals surface area contributed by atoms with Gasteiger partial charge in [0.05, 0.1) is 0 Å². The van der Waals surface area contributed by atoms with Crippen LogP contribution < -0.4 is 0 Å². The molecule has 0 aromatic rings. The predicted octanol–water partition coefficient (Wildman–Crippen LogP) is 9.86. The lowest BCUT2D eigenvalue weighted by Crippen LogP contribution is -2.64. The van der Waals surface area contributed by atoms with Gasteiger partial charge in [-0.15, -0.1) is 0 Å². The van der Waals surface area contributed by atoms with E-state index >= 15 is 0 Å². The van der Waals surface area contributed by atoms with Crippen LogP contribution >= 0.6 is 0 Å². The van der Waals surface area contributed by atoms with Crippen LogP contribution in [0, 0.1) is 5.92 Å². The molecule has 0 radical (unpaired) electrons. The fraction of sp³-hybridized carbons (Fsp3) is 0.969. The van der Waals surface area contributed by atoms with Crippen LogP contribution in [0.2, 0.25) is 0 Å². The molecule has 3 nitrogen and oxygen atoms in total. The van der Waals surface area contributed by atoms with Gasteiger partial charge in [-0.2, -0.15) is 0 Å². The lowest BCUT2D eigenvalue weighted by atomic mass is 9.69. The molecule has 0 spiro atoms. The number of piperidine rings is 1. The van der Waals surface area contributed by atoms with Gasteiger partial charge in [-0.25, -0.2) is 0 Å². The van der Waals surface area contributed by atoms with Crippen LogP contribution in [0.4, 0.5) is 0 Å². The monoisotopic (exact) mass is 493 g/mol. The van der Waals surface area contributed by atoms with Crippen molar-refractivity contribution in [2.24, 2.45) is 5.92 Å². The van der Waals surface area contributed by atoms with Gasteiger partial charge in [0.25, 0.3) is 0 Å². The zero-order valence-electron chi connectivity index (χ0n) is 24.9. The van der Waals surface area contributed by atoms with E-state index in [1.165, 1.54) is 96.3 Å². The zero-order valence-corrected chi connectivity index (χ0v) is 24.9. The molecule has 0 aliphatic carbocycles. The quantitative estimate of drug-likeness (QED) is 0.118. The van der Waals surface area contributed by atoms with Crippen LogP contribution in [0.3, 0.4) is 0 Å². The number of nitrogens with zero attached hydrogens (tertiary/aromatic N) is 1. The number of esters is 1. The summed E-state index contributed by atoms with van der Waals surface area (Å²) in [5.74, 6) is 0.685. The van der Waals surface area contributed by atoms with Crippen LogP contribution in [0.15, 0.2) is 0 Å². The Labute approximate surface area is 220 Å². The SMILES string of the molecule is CCCCCCCCCCCCCCCCCC(=O)OCCN1C(C)(CC)CCC(C)C1(C)CC. The number of carbonyl (C=O) groups excluding carboxylic acids is 1. The zero-order chi connectivity index (χ0) is 26.0. The summed E-state index contributed by atoms with van der Waals surface area (Å²) in [6.45, 7) is 15.5. The summed E-state index contributed by atoms with van der Waals surface area (Å²) < 4.78 is 5.69. The summed E-state index contributed by atoms with van der Waals surface area (Å²) in [4.78, 5) is 15.0. The van der Waals surface area contributed by atoms with Gasteiger partial charge in [0.15, 0.2) is 0 Å². The second-order valence-electron chi connectivity index (χ2n) is 12.1.